The summed E-state index contributed by atoms with van der Waals surface area (Å²) >= 11 is 0. The third kappa shape index (κ3) is 8.01. The number of hydrogen-bond donors (Lipinski definition) is 0. The fourth-order valence-corrected chi connectivity index (χ4v) is 9.50. The van der Waals surface area contributed by atoms with Gasteiger partial charge in [-0.2, -0.15) is 0 Å². The van der Waals surface area contributed by atoms with Crippen LogP contribution in [0.5, 0.6) is 0 Å². The molecule has 9 aromatic rings. The zero-order valence-corrected chi connectivity index (χ0v) is 37.4. The van der Waals surface area contributed by atoms with Gasteiger partial charge in [0.1, 0.15) is 0 Å². The van der Waals surface area contributed by atoms with E-state index in [1.165, 1.54) is 0 Å². The minimum absolute atomic E-state index is 0.0772. The summed E-state index contributed by atoms with van der Waals surface area (Å²) in [7, 11) is 0. The van der Waals surface area contributed by atoms with Crippen LogP contribution in [0.15, 0.2) is 298 Å². The number of rotatable bonds is 14. The molecule has 1 aliphatic carbocycles. The summed E-state index contributed by atoms with van der Waals surface area (Å²) in [5.41, 5.74) is 6.15. The standard InChI is InChI=1S/C67H51N/c1-5-59(30-21-25-56-47-55-24-15-16-31-61(55)63-33-18-17-32-62(56)63)68(49(4)37-36-48(3)50-38-40-52(41-39-50)54-43-42-51-22-13-14-23-53(51)46-54)45-44-66-60(6-2)64-34-19-20-35-65(64)67(66,57-26-9-7-10-27-57)58-28-11-8-12-29-58/h5-47H,1-4H2/b25-21+,37-36-,45-44+,59-30+/i3D,4D,36D,37D,38D,39D,40D,41D/b25-21+,37-36-,45-44+,48-3?,49-4?,59-30+. The summed E-state index contributed by atoms with van der Waals surface area (Å²) in [5, 5.41) is 6.20. The number of benzene rings is 9. The van der Waals surface area contributed by atoms with Crippen LogP contribution in [0.4, 0.5) is 0 Å². The summed E-state index contributed by atoms with van der Waals surface area (Å²) in [6.07, 6.45) is 12.9. The van der Waals surface area contributed by atoms with Gasteiger partial charge in [-0.15, -0.1) is 0 Å². The highest BCUT2D eigenvalue weighted by Gasteiger charge is 2.46. The highest BCUT2D eigenvalue weighted by atomic mass is 15.1. The van der Waals surface area contributed by atoms with Crippen molar-refractivity contribution in [2.24, 2.45) is 0 Å². The van der Waals surface area contributed by atoms with Gasteiger partial charge in [-0.1, -0.05) is 245 Å². The topological polar surface area (TPSA) is 3.24 Å². The minimum atomic E-state index is -0.859. The Bertz CT molecular complexity index is 3940. The van der Waals surface area contributed by atoms with Gasteiger partial charge >= 0.3 is 0 Å². The maximum atomic E-state index is 9.79. The fraction of sp³-hybridized carbons (Fsp3) is 0.0149. The van der Waals surface area contributed by atoms with Gasteiger partial charge < -0.3 is 4.90 Å². The number of nitrogens with zero attached hydrogens (tertiary/aromatic N) is 1. The molecule has 0 radical (unpaired) electrons. The summed E-state index contributed by atoms with van der Waals surface area (Å²) in [5.74, 6) is 0. The van der Waals surface area contributed by atoms with Gasteiger partial charge in [0.2, 0.25) is 0 Å². The third-order valence-electron chi connectivity index (χ3n) is 12.7. The monoisotopic (exact) mass is 877 g/mol. The van der Waals surface area contributed by atoms with E-state index in [9.17, 15) is 8.22 Å². The van der Waals surface area contributed by atoms with E-state index in [4.69, 9.17) is 2.74 Å². The van der Waals surface area contributed by atoms with Crippen molar-refractivity contribution in [2.75, 3.05) is 0 Å². The van der Waals surface area contributed by atoms with Gasteiger partial charge in [0.15, 0.2) is 0 Å². The van der Waals surface area contributed by atoms with E-state index in [0.29, 0.717) is 11.3 Å². The van der Waals surface area contributed by atoms with E-state index >= 15 is 0 Å². The molecule has 0 aromatic heterocycles. The average Bonchev–Trinajstić information content (AvgIpc) is 3.84. The van der Waals surface area contributed by atoms with E-state index < -0.39 is 29.6 Å². The molecule has 10 rings (SSSR count). The maximum absolute atomic E-state index is 9.79. The van der Waals surface area contributed by atoms with Crippen molar-refractivity contribution in [3.8, 4) is 11.1 Å². The fourth-order valence-electron chi connectivity index (χ4n) is 9.50. The second-order valence-corrected chi connectivity index (χ2v) is 16.5. The van der Waals surface area contributed by atoms with E-state index in [2.05, 4.69) is 79.9 Å². The van der Waals surface area contributed by atoms with E-state index in [1.807, 2.05) is 140 Å². The molecule has 0 heterocycles. The summed E-state index contributed by atoms with van der Waals surface area (Å²) in [6.45, 7) is 10.3. The lowest BCUT2D eigenvalue weighted by Crippen LogP contribution is -2.29. The molecule has 68 heavy (non-hydrogen) atoms. The molecule has 0 aliphatic heterocycles. The Balaban J connectivity index is 1.15. The normalized spacial score (nSPS) is 16.1. The molecule has 0 saturated heterocycles. The Morgan fingerprint density at radius 1 is 0.574 bits per heavy atom. The highest BCUT2D eigenvalue weighted by Crippen LogP contribution is 2.55. The van der Waals surface area contributed by atoms with Crippen molar-refractivity contribution in [1.82, 2.24) is 4.90 Å². The Labute approximate surface area is 411 Å². The van der Waals surface area contributed by atoms with Crippen molar-refractivity contribution < 1.29 is 11.0 Å². The highest BCUT2D eigenvalue weighted by molar-refractivity contribution is 6.10. The Hall–Kier alpha value is -8.78. The van der Waals surface area contributed by atoms with Crippen molar-refractivity contribution in [2.45, 2.75) is 5.41 Å². The van der Waals surface area contributed by atoms with Crippen LogP contribution in [0.25, 0.3) is 60.7 Å². The molecule has 1 nitrogen and oxygen atoms in total. The molecule has 0 unspecified atom stereocenters. The lowest BCUT2D eigenvalue weighted by molar-refractivity contribution is 0.613. The Kier molecular flexibility index (Phi) is 9.64. The van der Waals surface area contributed by atoms with Crippen LogP contribution in [0.1, 0.15) is 44.3 Å². The van der Waals surface area contributed by atoms with Gasteiger partial charge in [-0.3, -0.25) is 0 Å². The molecule has 0 amide bonds. The van der Waals surface area contributed by atoms with Crippen LogP contribution in [0, 0.1) is 0 Å². The van der Waals surface area contributed by atoms with Crippen molar-refractivity contribution in [3.63, 3.8) is 0 Å². The Morgan fingerprint density at radius 3 is 1.93 bits per heavy atom. The van der Waals surface area contributed by atoms with Crippen LogP contribution in [-0.2, 0) is 5.41 Å². The first-order chi connectivity index (χ1) is 37.1. The first-order valence-corrected chi connectivity index (χ1v) is 22.5. The van der Waals surface area contributed by atoms with Gasteiger partial charge in [-0.25, -0.2) is 0 Å². The Morgan fingerprint density at radius 2 is 1.22 bits per heavy atom. The second-order valence-electron chi connectivity index (χ2n) is 16.5. The van der Waals surface area contributed by atoms with Crippen LogP contribution >= 0.6 is 0 Å². The zero-order valence-electron chi connectivity index (χ0n) is 45.4. The molecule has 0 spiro atoms. The predicted molar refractivity (Wildman–Crippen MR) is 293 cm³/mol. The van der Waals surface area contributed by atoms with Crippen molar-refractivity contribution >= 4 is 49.5 Å². The largest absolute Gasteiger partial charge is 0.318 e. The maximum Gasteiger partial charge on any atom is 0.0714 e. The first-order valence-electron chi connectivity index (χ1n) is 26.6. The molecular weight excluding hydrogens is 819 g/mol. The average molecular weight is 878 g/mol. The van der Waals surface area contributed by atoms with Crippen molar-refractivity contribution in [3.05, 3.63) is 331 Å². The van der Waals surface area contributed by atoms with Crippen LogP contribution in [0.2, 0.25) is 0 Å². The van der Waals surface area contributed by atoms with E-state index in [-0.39, 0.29) is 34.5 Å². The van der Waals surface area contributed by atoms with E-state index in [0.717, 1.165) is 84.4 Å². The quantitative estimate of drug-likeness (QED) is 0.0777. The van der Waals surface area contributed by atoms with Gasteiger partial charge in [0.25, 0.3) is 0 Å². The van der Waals surface area contributed by atoms with Crippen LogP contribution < -0.4 is 0 Å². The minimum Gasteiger partial charge on any atom is -0.318 e. The number of fused-ring (bicyclic) bond motifs is 5. The third-order valence-corrected chi connectivity index (χ3v) is 12.7. The van der Waals surface area contributed by atoms with Gasteiger partial charge in [0, 0.05) is 17.6 Å². The van der Waals surface area contributed by atoms with Gasteiger partial charge in [-0.05, 0) is 130 Å². The SMILES string of the molecule is [2H]C=C(/C([2H])=C(/[2H])C(=C[2H])N(/C=C/C1=C(C=C)c2ccccc2C1(c1ccccc1)c1ccccc1)/C(C=C)=C/C=C/c1cc2ccccc2c2ccccc12)c1c([2H])c([2H])c(-c2ccc3ccccc3c2)c([2H])c1[2H]. The van der Waals surface area contributed by atoms with Crippen LogP contribution in [-0.4, -0.2) is 4.90 Å². The molecule has 1 aliphatic rings. The van der Waals surface area contributed by atoms with Gasteiger partial charge in [0.05, 0.1) is 16.4 Å². The molecular formula is C67H51N. The molecule has 324 valence electrons. The first kappa shape index (κ1) is 34.6. The molecule has 0 N–H and O–H groups in total. The summed E-state index contributed by atoms with van der Waals surface area (Å²) in [6, 6.07) is 57.7. The summed E-state index contributed by atoms with van der Waals surface area (Å²) < 4.78 is 74.0. The molecule has 0 bridgehead atoms. The smallest absolute Gasteiger partial charge is 0.0714 e. The lowest BCUT2D eigenvalue weighted by atomic mass is 9.67. The number of allylic oxidation sites excluding steroid dienone is 10. The lowest BCUT2D eigenvalue weighted by Gasteiger charge is -2.35. The van der Waals surface area contributed by atoms with E-state index in [1.54, 1.807) is 23.2 Å². The molecule has 0 fully saturated rings. The molecule has 0 saturated carbocycles. The zero-order chi connectivity index (χ0) is 53.1. The van der Waals surface area contributed by atoms with Crippen molar-refractivity contribution in [1.29, 1.82) is 0 Å². The molecule has 1 heteroatoms. The second kappa shape index (κ2) is 19.0. The number of hydrogen-bond acceptors (Lipinski definition) is 1. The predicted octanol–water partition coefficient (Wildman–Crippen LogP) is 17.5. The molecule has 9 aromatic carbocycles. The van der Waals surface area contributed by atoms with Crippen LogP contribution in [0.3, 0.4) is 0 Å². The summed E-state index contributed by atoms with van der Waals surface area (Å²) in [4.78, 5) is 1.61. The molecule has 0 atom stereocenters.